The summed E-state index contributed by atoms with van der Waals surface area (Å²) in [6.45, 7) is 6.57. The Morgan fingerprint density at radius 2 is 2.43 bits per heavy atom. The Bertz CT molecular complexity index is 640. The Kier molecular flexibility index (Phi) is 5.07. The van der Waals surface area contributed by atoms with Crippen LogP contribution in [0, 0.1) is 5.92 Å². The van der Waals surface area contributed by atoms with Gasteiger partial charge in [0, 0.05) is 23.9 Å². The molecule has 0 unspecified atom stereocenters. The summed E-state index contributed by atoms with van der Waals surface area (Å²) in [5.74, 6) is 0.974. The molecule has 7 heteroatoms. The summed E-state index contributed by atoms with van der Waals surface area (Å²) in [6.07, 6.45) is 2.31. The number of amides is 1. The lowest BCUT2D eigenvalue weighted by Gasteiger charge is -2.34. The van der Waals surface area contributed by atoms with Gasteiger partial charge in [0.05, 0.1) is 13.2 Å². The molecule has 1 fully saturated rings. The maximum atomic E-state index is 12.7. The molecule has 124 valence electrons. The molecule has 1 aliphatic rings. The maximum absolute atomic E-state index is 12.7. The number of aromatic nitrogens is 3. The van der Waals surface area contributed by atoms with Crippen molar-refractivity contribution in [3.8, 4) is 0 Å². The number of hydrogen-bond donors (Lipinski definition) is 0. The molecule has 0 aliphatic carbocycles. The molecular formula is C16H22N4O2S. The van der Waals surface area contributed by atoms with Crippen LogP contribution < -0.4 is 0 Å². The molecule has 0 spiro atoms. The highest BCUT2D eigenvalue weighted by Gasteiger charge is 2.30. The van der Waals surface area contributed by atoms with Gasteiger partial charge in [-0.3, -0.25) is 4.79 Å². The summed E-state index contributed by atoms with van der Waals surface area (Å²) in [5.41, 5.74) is 0. The fourth-order valence-corrected chi connectivity index (χ4v) is 3.73. The number of ether oxygens (including phenoxy) is 1. The number of carbonyl (C=O) groups is 1. The van der Waals surface area contributed by atoms with Crippen LogP contribution in [-0.4, -0.2) is 45.3 Å². The van der Waals surface area contributed by atoms with Crippen LogP contribution >= 0.6 is 11.3 Å². The van der Waals surface area contributed by atoms with Crippen molar-refractivity contribution in [2.75, 3.05) is 19.7 Å². The summed E-state index contributed by atoms with van der Waals surface area (Å²) in [6, 6.07) is 4.11. The molecule has 0 aromatic carbocycles. The van der Waals surface area contributed by atoms with E-state index < -0.39 is 0 Å². The van der Waals surface area contributed by atoms with E-state index in [2.05, 4.69) is 21.6 Å². The van der Waals surface area contributed by atoms with E-state index in [4.69, 9.17) is 4.74 Å². The van der Waals surface area contributed by atoms with Crippen LogP contribution in [0.15, 0.2) is 23.8 Å². The van der Waals surface area contributed by atoms with Gasteiger partial charge in [0.1, 0.15) is 12.4 Å². The lowest BCUT2D eigenvalue weighted by atomic mass is 10.0. The van der Waals surface area contributed by atoms with E-state index >= 15 is 0 Å². The van der Waals surface area contributed by atoms with Crippen molar-refractivity contribution in [3.63, 3.8) is 0 Å². The Balaban J connectivity index is 1.64. The summed E-state index contributed by atoms with van der Waals surface area (Å²) >= 11 is 1.70. The number of thiophene rings is 1. The highest BCUT2D eigenvalue weighted by molar-refractivity contribution is 7.09. The molecule has 2 aromatic rings. The third kappa shape index (κ3) is 3.61. The largest absolute Gasteiger partial charge is 0.366 e. The van der Waals surface area contributed by atoms with Gasteiger partial charge >= 0.3 is 0 Å². The molecule has 0 saturated carbocycles. The average Bonchev–Trinajstić information content (AvgIpc) is 3.25. The van der Waals surface area contributed by atoms with Gasteiger partial charge in [-0.1, -0.05) is 13.0 Å². The predicted molar refractivity (Wildman–Crippen MR) is 88.2 cm³/mol. The van der Waals surface area contributed by atoms with Crippen molar-refractivity contribution in [2.24, 2.45) is 5.92 Å². The highest BCUT2D eigenvalue weighted by Crippen LogP contribution is 2.23. The highest BCUT2D eigenvalue weighted by atomic mass is 32.1. The summed E-state index contributed by atoms with van der Waals surface area (Å²) in [4.78, 5) is 15.9. The fraction of sp³-hybridized carbons (Fsp3) is 0.562. The minimum atomic E-state index is -0.191. The Morgan fingerprint density at radius 3 is 3.17 bits per heavy atom. The van der Waals surface area contributed by atoms with Gasteiger partial charge in [-0.25, -0.2) is 0 Å². The van der Waals surface area contributed by atoms with Crippen molar-refractivity contribution in [1.82, 2.24) is 19.7 Å². The Morgan fingerprint density at radius 1 is 1.57 bits per heavy atom. The van der Waals surface area contributed by atoms with E-state index in [0.29, 0.717) is 19.7 Å². The Labute approximate surface area is 140 Å². The third-order valence-corrected chi connectivity index (χ3v) is 5.06. The normalized spacial score (nSPS) is 19.7. The van der Waals surface area contributed by atoms with Crippen molar-refractivity contribution >= 4 is 17.2 Å². The van der Waals surface area contributed by atoms with E-state index in [1.807, 2.05) is 29.4 Å². The minimum absolute atomic E-state index is 0.0172. The second-order valence-corrected chi connectivity index (χ2v) is 6.84. The van der Waals surface area contributed by atoms with E-state index in [0.717, 1.165) is 18.8 Å². The molecule has 1 saturated heterocycles. The molecule has 6 nitrogen and oxygen atoms in total. The lowest BCUT2D eigenvalue weighted by Crippen LogP contribution is -2.45. The third-order valence-electron chi connectivity index (χ3n) is 4.16. The van der Waals surface area contributed by atoms with Crippen LogP contribution in [-0.2, 0) is 22.5 Å². The van der Waals surface area contributed by atoms with Crippen LogP contribution in [0.2, 0.25) is 0 Å². The molecule has 2 aromatic heterocycles. The van der Waals surface area contributed by atoms with Gasteiger partial charge in [0.15, 0.2) is 5.82 Å². The predicted octanol–water partition coefficient (Wildman–Crippen LogP) is 2.14. The molecule has 1 aliphatic heterocycles. The average molecular weight is 334 g/mol. The van der Waals surface area contributed by atoms with Crippen molar-refractivity contribution < 1.29 is 9.53 Å². The van der Waals surface area contributed by atoms with Crippen molar-refractivity contribution in [1.29, 1.82) is 0 Å². The minimum Gasteiger partial charge on any atom is -0.366 e. The SMILES string of the molecule is CCn1cnnc1[C@H]1CN(C(=O)[C@@H](C)Cc2cccs2)CCO1. The lowest BCUT2D eigenvalue weighted by molar-refractivity contribution is -0.143. The molecule has 3 heterocycles. The van der Waals surface area contributed by atoms with E-state index in [1.54, 1.807) is 17.7 Å². The molecule has 0 radical (unpaired) electrons. The van der Waals surface area contributed by atoms with E-state index in [9.17, 15) is 4.79 Å². The molecule has 1 amide bonds. The quantitative estimate of drug-likeness (QED) is 0.840. The molecule has 0 bridgehead atoms. The summed E-state index contributed by atoms with van der Waals surface area (Å²) < 4.78 is 7.78. The molecule has 0 N–H and O–H groups in total. The first kappa shape index (κ1) is 16.1. The summed E-state index contributed by atoms with van der Waals surface area (Å²) in [5, 5.41) is 10.2. The van der Waals surface area contributed by atoms with Gasteiger partial charge in [-0.15, -0.1) is 21.5 Å². The van der Waals surface area contributed by atoms with Crippen LogP contribution in [0.25, 0.3) is 0 Å². The molecule has 2 atom stereocenters. The number of carbonyl (C=O) groups excluding carboxylic acids is 1. The number of hydrogen-bond acceptors (Lipinski definition) is 5. The van der Waals surface area contributed by atoms with Gasteiger partial charge in [0.25, 0.3) is 0 Å². The zero-order chi connectivity index (χ0) is 16.2. The first-order valence-electron chi connectivity index (χ1n) is 7.99. The topological polar surface area (TPSA) is 60.2 Å². The van der Waals surface area contributed by atoms with E-state index in [-0.39, 0.29) is 17.9 Å². The van der Waals surface area contributed by atoms with Crippen LogP contribution in [0.3, 0.4) is 0 Å². The van der Waals surface area contributed by atoms with Crippen molar-refractivity contribution in [2.45, 2.75) is 32.9 Å². The standard InChI is InChI=1S/C16H22N4O2S/c1-3-19-11-17-18-15(19)14-10-20(6-7-22-14)16(21)12(2)9-13-5-4-8-23-13/h4-5,8,11-12,14H,3,6-7,9-10H2,1-2H3/t12-,14+/m0/s1. The van der Waals surface area contributed by atoms with Gasteiger partial charge in [-0.2, -0.15) is 0 Å². The second-order valence-electron chi connectivity index (χ2n) is 5.80. The summed E-state index contributed by atoms with van der Waals surface area (Å²) in [7, 11) is 0. The van der Waals surface area contributed by atoms with Crippen LogP contribution in [0.5, 0.6) is 0 Å². The first-order valence-corrected chi connectivity index (χ1v) is 8.87. The smallest absolute Gasteiger partial charge is 0.225 e. The number of morpholine rings is 1. The van der Waals surface area contributed by atoms with Crippen LogP contribution in [0.4, 0.5) is 0 Å². The van der Waals surface area contributed by atoms with Crippen molar-refractivity contribution in [3.05, 3.63) is 34.5 Å². The molecule has 23 heavy (non-hydrogen) atoms. The first-order chi connectivity index (χ1) is 11.2. The molecular weight excluding hydrogens is 312 g/mol. The number of aryl methyl sites for hydroxylation is 1. The van der Waals surface area contributed by atoms with Gasteiger partial charge in [0.2, 0.25) is 5.91 Å². The van der Waals surface area contributed by atoms with E-state index in [1.165, 1.54) is 4.88 Å². The monoisotopic (exact) mass is 334 g/mol. The molecule has 3 rings (SSSR count). The van der Waals surface area contributed by atoms with Gasteiger partial charge in [-0.05, 0) is 24.8 Å². The Hall–Kier alpha value is -1.73. The zero-order valence-electron chi connectivity index (χ0n) is 13.5. The number of nitrogens with zero attached hydrogens (tertiary/aromatic N) is 4. The zero-order valence-corrected chi connectivity index (χ0v) is 14.3. The fourth-order valence-electron chi connectivity index (χ4n) is 2.89. The maximum Gasteiger partial charge on any atom is 0.225 e. The van der Waals surface area contributed by atoms with Crippen LogP contribution in [0.1, 0.15) is 30.7 Å². The van der Waals surface area contributed by atoms with Gasteiger partial charge < -0.3 is 14.2 Å². The second kappa shape index (κ2) is 7.23. The number of rotatable bonds is 5.